The highest BCUT2D eigenvalue weighted by Gasteiger charge is 2.10. The fourth-order valence-corrected chi connectivity index (χ4v) is 5.73. The summed E-state index contributed by atoms with van der Waals surface area (Å²) in [6.07, 6.45) is 1.70. The molecule has 0 aliphatic heterocycles. The standard InChI is InChI=1S/C21H16FN5OS.C10H8BrN3OS/c1-13(28)24-21-27-26-20(29-21)15-6-10-17(11-7-15)25-19-18(3-2-12-23-19)14-4-8-16(22)9-5-14;1-6(15)12-10-14-13-9(16-10)7-2-4-8(11)5-3-7/h2-12H,1H3,(H,23,25)(H,24,27,28);2-5H,1H3,(H,12,14,15). The van der Waals surface area contributed by atoms with Crippen molar-refractivity contribution in [2.75, 3.05) is 16.0 Å². The summed E-state index contributed by atoms with van der Waals surface area (Å²) in [6, 6.07) is 25.5. The normalized spacial score (nSPS) is 10.4. The van der Waals surface area contributed by atoms with E-state index in [0.29, 0.717) is 21.1 Å². The van der Waals surface area contributed by atoms with Gasteiger partial charge in [0.2, 0.25) is 22.1 Å². The average molecular weight is 704 g/mol. The molecule has 0 spiro atoms. The number of amides is 2. The molecule has 3 heterocycles. The molecule has 0 radical (unpaired) electrons. The molecule has 0 aliphatic carbocycles. The second kappa shape index (κ2) is 14.7. The smallest absolute Gasteiger partial charge is 0.223 e. The first kappa shape index (κ1) is 31.5. The van der Waals surface area contributed by atoms with Gasteiger partial charge in [-0.25, -0.2) is 9.37 Å². The van der Waals surface area contributed by atoms with Crippen molar-refractivity contribution in [2.24, 2.45) is 0 Å². The summed E-state index contributed by atoms with van der Waals surface area (Å²) in [5, 5.41) is 27.0. The van der Waals surface area contributed by atoms with Crippen molar-refractivity contribution in [3.05, 3.63) is 101 Å². The van der Waals surface area contributed by atoms with E-state index in [0.717, 1.165) is 37.4 Å². The Balaban J connectivity index is 0.000000211. The van der Waals surface area contributed by atoms with Crippen molar-refractivity contribution in [1.29, 1.82) is 0 Å². The Labute approximate surface area is 274 Å². The molecule has 226 valence electrons. The van der Waals surface area contributed by atoms with Crippen LogP contribution in [0.15, 0.2) is 95.6 Å². The molecule has 0 saturated heterocycles. The van der Waals surface area contributed by atoms with E-state index in [2.05, 4.69) is 57.3 Å². The van der Waals surface area contributed by atoms with Gasteiger partial charge in [-0.15, -0.1) is 20.4 Å². The molecule has 0 unspecified atom stereocenters. The van der Waals surface area contributed by atoms with Gasteiger partial charge >= 0.3 is 0 Å². The van der Waals surface area contributed by atoms with Crippen LogP contribution in [0.4, 0.5) is 26.2 Å². The zero-order valence-corrected chi connectivity index (χ0v) is 27.0. The van der Waals surface area contributed by atoms with E-state index in [1.54, 1.807) is 18.3 Å². The lowest BCUT2D eigenvalue weighted by Gasteiger charge is -2.11. The number of carbonyl (C=O) groups is 2. The molecule has 3 N–H and O–H groups in total. The molecule has 3 aromatic carbocycles. The molecule has 14 heteroatoms. The van der Waals surface area contributed by atoms with Crippen LogP contribution in [0.3, 0.4) is 0 Å². The quantitative estimate of drug-likeness (QED) is 0.152. The van der Waals surface area contributed by atoms with E-state index in [4.69, 9.17) is 0 Å². The van der Waals surface area contributed by atoms with Crippen LogP contribution in [0, 0.1) is 5.82 Å². The lowest BCUT2D eigenvalue weighted by molar-refractivity contribution is -0.115. The summed E-state index contributed by atoms with van der Waals surface area (Å²) in [5.41, 5.74) is 4.47. The highest BCUT2D eigenvalue weighted by Crippen LogP contribution is 2.31. The highest BCUT2D eigenvalue weighted by atomic mass is 79.9. The van der Waals surface area contributed by atoms with Gasteiger partial charge in [0.15, 0.2) is 0 Å². The second-order valence-corrected chi connectivity index (χ2v) is 12.2. The summed E-state index contributed by atoms with van der Waals surface area (Å²) < 4.78 is 14.2. The summed E-state index contributed by atoms with van der Waals surface area (Å²) >= 11 is 6.02. The first-order valence-corrected chi connectivity index (χ1v) is 15.7. The minimum absolute atomic E-state index is 0.140. The molecule has 2 amide bonds. The molecular weight excluding hydrogens is 679 g/mol. The second-order valence-electron chi connectivity index (χ2n) is 9.30. The summed E-state index contributed by atoms with van der Waals surface area (Å²) in [4.78, 5) is 26.4. The van der Waals surface area contributed by atoms with Crippen molar-refractivity contribution in [3.8, 4) is 32.3 Å². The van der Waals surface area contributed by atoms with Crippen LogP contribution in [0.5, 0.6) is 0 Å². The van der Waals surface area contributed by atoms with Crippen LogP contribution in [-0.2, 0) is 9.59 Å². The lowest BCUT2D eigenvalue weighted by Crippen LogP contribution is -2.04. The predicted molar refractivity (Wildman–Crippen MR) is 180 cm³/mol. The topological polar surface area (TPSA) is 135 Å². The number of nitrogens with zero attached hydrogens (tertiary/aromatic N) is 5. The fourth-order valence-electron chi connectivity index (χ4n) is 3.87. The minimum atomic E-state index is -0.277. The Morgan fingerprint density at radius 1 is 0.689 bits per heavy atom. The largest absolute Gasteiger partial charge is 0.340 e. The third-order valence-electron chi connectivity index (χ3n) is 5.86. The zero-order valence-electron chi connectivity index (χ0n) is 23.8. The average Bonchev–Trinajstić information content (AvgIpc) is 3.68. The van der Waals surface area contributed by atoms with Gasteiger partial charge in [0.1, 0.15) is 21.7 Å². The van der Waals surface area contributed by atoms with E-state index in [1.807, 2.05) is 60.7 Å². The third kappa shape index (κ3) is 8.81. The number of hydrogen-bond acceptors (Lipinski definition) is 10. The van der Waals surface area contributed by atoms with E-state index in [9.17, 15) is 14.0 Å². The van der Waals surface area contributed by atoms with Crippen LogP contribution in [0.2, 0.25) is 0 Å². The lowest BCUT2D eigenvalue weighted by atomic mass is 10.1. The van der Waals surface area contributed by atoms with Gasteiger partial charge in [-0.2, -0.15) is 0 Å². The number of aromatic nitrogens is 5. The minimum Gasteiger partial charge on any atom is -0.340 e. The predicted octanol–water partition coefficient (Wildman–Crippen LogP) is 8.03. The number of anilines is 4. The number of halogens is 2. The van der Waals surface area contributed by atoms with Crippen molar-refractivity contribution in [3.63, 3.8) is 0 Å². The monoisotopic (exact) mass is 702 g/mol. The molecule has 0 bridgehead atoms. The SMILES string of the molecule is CC(=O)Nc1nnc(-c2ccc(Br)cc2)s1.CC(=O)Nc1nnc(-c2ccc(Nc3ncccc3-c3ccc(F)cc3)cc2)s1. The van der Waals surface area contributed by atoms with Gasteiger partial charge in [-0.1, -0.05) is 62.9 Å². The van der Waals surface area contributed by atoms with Crippen LogP contribution in [0.25, 0.3) is 32.3 Å². The van der Waals surface area contributed by atoms with Crippen LogP contribution < -0.4 is 16.0 Å². The van der Waals surface area contributed by atoms with E-state index >= 15 is 0 Å². The molecule has 0 saturated carbocycles. The number of pyridine rings is 1. The maximum Gasteiger partial charge on any atom is 0.223 e. The highest BCUT2D eigenvalue weighted by molar-refractivity contribution is 9.10. The van der Waals surface area contributed by atoms with Crippen LogP contribution in [0.1, 0.15) is 13.8 Å². The van der Waals surface area contributed by atoms with Gasteiger partial charge < -0.3 is 16.0 Å². The Kier molecular flexibility index (Phi) is 10.3. The number of hydrogen-bond donors (Lipinski definition) is 3. The summed E-state index contributed by atoms with van der Waals surface area (Å²) in [5.74, 6) is 0.0786. The molecule has 45 heavy (non-hydrogen) atoms. The van der Waals surface area contributed by atoms with Gasteiger partial charge in [-0.05, 0) is 66.2 Å². The molecule has 0 fully saturated rings. The van der Waals surface area contributed by atoms with Crippen molar-refractivity contribution < 1.29 is 14.0 Å². The Bertz CT molecular complexity index is 1910. The van der Waals surface area contributed by atoms with Crippen molar-refractivity contribution >= 4 is 72.2 Å². The van der Waals surface area contributed by atoms with E-state index in [-0.39, 0.29) is 17.6 Å². The molecule has 3 aromatic heterocycles. The van der Waals surface area contributed by atoms with E-state index < -0.39 is 0 Å². The number of nitrogens with one attached hydrogen (secondary N) is 3. The number of rotatable bonds is 7. The Morgan fingerprint density at radius 2 is 1.20 bits per heavy atom. The molecular formula is C31H24BrFN8O2S2. The van der Waals surface area contributed by atoms with Crippen LogP contribution >= 0.6 is 38.6 Å². The van der Waals surface area contributed by atoms with E-state index in [1.165, 1.54) is 48.7 Å². The van der Waals surface area contributed by atoms with Gasteiger partial charge in [0.25, 0.3) is 0 Å². The summed E-state index contributed by atoms with van der Waals surface area (Å²) in [6.45, 7) is 2.88. The first-order chi connectivity index (χ1) is 21.7. The maximum atomic E-state index is 13.2. The molecule has 0 atom stereocenters. The third-order valence-corrected chi connectivity index (χ3v) is 8.17. The zero-order chi connectivity index (χ0) is 31.8. The molecule has 0 aliphatic rings. The van der Waals surface area contributed by atoms with Crippen LogP contribution in [-0.4, -0.2) is 37.2 Å². The van der Waals surface area contributed by atoms with Crippen molar-refractivity contribution in [1.82, 2.24) is 25.4 Å². The Morgan fingerprint density at radius 3 is 1.73 bits per heavy atom. The summed E-state index contributed by atoms with van der Waals surface area (Å²) in [7, 11) is 0. The molecule has 6 rings (SSSR count). The number of benzene rings is 3. The van der Waals surface area contributed by atoms with Crippen molar-refractivity contribution in [2.45, 2.75) is 13.8 Å². The van der Waals surface area contributed by atoms with Gasteiger partial charge in [0.05, 0.1) is 0 Å². The number of carbonyl (C=O) groups excluding carboxylic acids is 2. The maximum absolute atomic E-state index is 13.2. The van der Waals surface area contributed by atoms with Gasteiger partial charge in [-0.3, -0.25) is 9.59 Å². The Hall–Kier alpha value is -4.92. The fraction of sp³-hybridized carbons (Fsp3) is 0.0645. The molecule has 6 aromatic rings. The molecule has 10 nitrogen and oxygen atoms in total. The first-order valence-electron chi connectivity index (χ1n) is 13.3. The van der Waals surface area contributed by atoms with Gasteiger partial charge in [0, 0.05) is 46.9 Å².